The number of alkyl halides is 3. The summed E-state index contributed by atoms with van der Waals surface area (Å²) in [7, 11) is 0. The van der Waals surface area contributed by atoms with Gasteiger partial charge >= 0.3 is 12.1 Å². The Morgan fingerprint density at radius 2 is 2.22 bits per heavy atom. The van der Waals surface area contributed by atoms with Crippen molar-refractivity contribution in [2.24, 2.45) is 5.73 Å². The molecule has 1 amide bonds. The van der Waals surface area contributed by atoms with Crippen molar-refractivity contribution in [1.29, 1.82) is 0 Å². The molecule has 1 atom stereocenters. The number of hydrogen-bond donors (Lipinski definition) is 3. The van der Waals surface area contributed by atoms with Crippen molar-refractivity contribution in [2.45, 2.75) is 18.6 Å². The maximum Gasteiger partial charge on any atom is 0.471 e. The summed E-state index contributed by atoms with van der Waals surface area (Å²) >= 11 is 0. The number of aliphatic hydroxyl groups excluding tert-OH is 1. The molecule has 1 aromatic rings. The second-order valence-electron chi connectivity index (χ2n) is 3.34. The molecule has 0 aliphatic rings. The molecule has 10 heteroatoms. The molecule has 0 bridgehead atoms. The number of halogens is 3. The molecule has 1 rings (SSSR count). The van der Waals surface area contributed by atoms with Gasteiger partial charge in [-0.3, -0.25) is 4.79 Å². The Balaban J connectivity index is 2.41. The fourth-order valence-electron chi connectivity index (χ4n) is 0.982. The highest BCUT2D eigenvalue weighted by Crippen LogP contribution is 2.27. The number of amides is 1. The van der Waals surface area contributed by atoms with Crippen molar-refractivity contribution in [3.8, 4) is 0 Å². The monoisotopic (exact) mass is 268 g/mol. The van der Waals surface area contributed by atoms with Crippen LogP contribution in [0.25, 0.3) is 0 Å². The average Bonchev–Trinajstić information content (AvgIpc) is 2.76. The molecular formula is C8H11F3N4O3. The van der Waals surface area contributed by atoms with Gasteiger partial charge in [-0.05, 0) is 0 Å². The maximum atomic E-state index is 12.1. The van der Waals surface area contributed by atoms with Gasteiger partial charge in [-0.25, -0.2) is 0 Å². The van der Waals surface area contributed by atoms with E-state index in [2.05, 4.69) is 20.0 Å². The third-order valence-corrected chi connectivity index (χ3v) is 1.89. The van der Waals surface area contributed by atoms with Crippen molar-refractivity contribution >= 4 is 5.91 Å². The standard InChI is InChI=1S/C8H11F3N4O3/c9-8(10,11)7-14-5(15-18-7)1-2-13-6(17)4(12)3-16/h4,16H,1-3,12H2,(H,13,17)/t4-/m0/s1. The van der Waals surface area contributed by atoms with Crippen LogP contribution in [0.2, 0.25) is 0 Å². The minimum Gasteiger partial charge on any atom is -0.394 e. The Hall–Kier alpha value is -1.68. The first kappa shape index (κ1) is 14.4. The zero-order chi connectivity index (χ0) is 13.8. The minimum atomic E-state index is -4.69. The van der Waals surface area contributed by atoms with E-state index in [9.17, 15) is 18.0 Å². The number of aliphatic hydroxyl groups is 1. The smallest absolute Gasteiger partial charge is 0.394 e. The molecule has 0 saturated heterocycles. The van der Waals surface area contributed by atoms with E-state index in [0.717, 1.165) is 0 Å². The fourth-order valence-corrected chi connectivity index (χ4v) is 0.982. The SMILES string of the molecule is N[C@@H](CO)C(=O)NCCc1noc(C(F)(F)F)n1. The molecule has 0 radical (unpaired) electrons. The topological polar surface area (TPSA) is 114 Å². The van der Waals surface area contributed by atoms with Crippen molar-refractivity contribution in [3.63, 3.8) is 0 Å². The predicted octanol–water partition coefficient (Wildman–Crippen LogP) is -0.933. The van der Waals surface area contributed by atoms with E-state index < -0.39 is 30.6 Å². The second-order valence-corrected chi connectivity index (χ2v) is 3.34. The molecule has 7 nitrogen and oxygen atoms in total. The van der Waals surface area contributed by atoms with Crippen LogP contribution in [-0.2, 0) is 17.4 Å². The van der Waals surface area contributed by atoms with Gasteiger partial charge in [-0.1, -0.05) is 5.16 Å². The molecule has 0 saturated carbocycles. The minimum absolute atomic E-state index is 0.0106. The Morgan fingerprint density at radius 1 is 1.56 bits per heavy atom. The normalized spacial score (nSPS) is 13.4. The van der Waals surface area contributed by atoms with Gasteiger partial charge in [0.05, 0.1) is 6.61 Å². The summed E-state index contributed by atoms with van der Waals surface area (Å²) in [5, 5.41) is 14.0. The molecule has 1 aromatic heterocycles. The van der Waals surface area contributed by atoms with Crippen LogP contribution in [-0.4, -0.2) is 40.3 Å². The molecule has 0 spiro atoms. The molecule has 0 aromatic carbocycles. The zero-order valence-corrected chi connectivity index (χ0v) is 9.07. The molecule has 4 N–H and O–H groups in total. The van der Waals surface area contributed by atoms with Gasteiger partial charge in [0.1, 0.15) is 6.04 Å². The van der Waals surface area contributed by atoms with E-state index in [1.807, 2.05) is 0 Å². The van der Waals surface area contributed by atoms with Crippen molar-refractivity contribution in [1.82, 2.24) is 15.5 Å². The van der Waals surface area contributed by atoms with E-state index >= 15 is 0 Å². The Bertz CT molecular complexity index is 407. The van der Waals surface area contributed by atoms with Gasteiger partial charge in [0.25, 0.3) is 0 Å². The van der Waals surface area contributed by atoms with Crippen LogP contribution in [0.4, 0.5) is 13.2 Å². The second kappa shape index (κ2) is 5.78. The number of carbonyl (C=O) groups is 1. The van der Waals surface area contributed by atoms with Gasteiger partial charge in [-0.2, -0.15) is 18.2 Å². The molecule has 18 heavy (non-hydrogen) atoms. The summed E-state index contributed by atoms with van der Waals surface area (Å²) in [4.78, 5) is 14.2. The Kier molecular flexibility index (Phi) is 4.62. The highest BCUT2D eigenvalue weighted by molar-refractivity contribution is 5.81. The number of aromatic nitrogens is 2. The van der Waals surface area contributed by atoms with E-state index in [0.29, 0.717) is 0 Å². The lowest BCUT2D eigenvalue weighted by atomic mass is 10.3. The lowest BCUT2D eigenvalue weighted by molar-refractivity contribution is -0.159. The van der Waals surface area contributed by atoms with Crippen molar-refractivity contribution in [3.05, 3.63) is 11.7 Å². The first-order valence-corrected chi connectivity index (χ1v) is 4.88. The highest BCUT2D eigenvalue weighted by atomic mass is 19.4. The molecule has 0 aliphatic heterocycles. The van der Waals surface area contributed by atoms with Crippen LogP contribution >= 0.6 is 0 Å². The Labute approximate surface area is 99.1 Å². The van der Waals surface area contributed by atoms with E-state index in [4.69, 9.17) is 10.8 Å². The van der Waals surface area contributed by atoms with E-state index in [1.54, 1.807) is 0 Å². The zero-order valence-electron chi connectivity index (χ0n) is 9.07. The fraction of sp³-hybridized carbons (Fsp3) is 0.625. The number of hydrogen-bond acceptors (Lipinski definition) is 6. The van der Waals surface area contributed by atoms with E-state index in [1.165, 1.54) is 0 Å². The van der Waals surface area contributed by atoms with Gasteiger partial charge < -0.3 is 20.7 Å². The first-order chi connectivity index (χ1) is 8.34. The molecule has 0 aliphatic carbocycles. The molecular weight excluding hydrogens is 257 g/mol. The lowest BCUT2D eigenvalue weighted by Crippen LogP contribution is -2.43. The molecule has 0 unspecified atom stereocenters. The number of nitrogens with one attached hydrogen (secondary N) is 1. The van der Waals surface area contributed by atoms with Gasteiger partial charge in [0.15, 0.2) is 5.82 Å². The van der Waals surface area contributed by atoms with Crippen molar-refractivity contribution in [2.75, 3.05) is 13.2 Å². The quantitative estimate of drug-likeness (QED) is 0.635. The number of rotatable bonds is 5. The first-order valence-electron chi connectivity index (χ1n) is 4.88. The van der Waals surface area contributed by atoms with Crippen LogP contribution < -0.4 is 11.1 Å². The van der Waals surface area contributed by atoms with Crippen LogP contribution in [0, 0.1) is 0 Å². The molecule has 1 heterocycles. The molecule has 0 fully saturated rings. The highest BCUT2D eigenvalue weighted by Gasteiger charge is 2.38. The number of nitrogens with two attached hydrogens (primary N) is 1. The summed E-state index contributed by atoms with van der Waals surface area (Å²) in [5.74, 6) is -2.23. The van der Waals surface area contributed by atoms with Crippen LogP contribution in [0.5, 0.6) is 0 Å². The summed E-state index contributed by atoms with van der Waals surface area (Å²) in [5.41, 5.74) is 5.20. The maximum absolute atomic E-state index is 12.1. The number of nitrogens with zero attached hydrogens (tertiary/aromatic N) is 2. The average molecular weight is 268 g/mol. The largest absolute Gasteiger partial charge is 0.471 e. The number of carbonyl (C=O) groups excluding carboxylic acids is 1. The molecule has 102 valence electrons. The lowest BCUT2D eigenvalue weighted by Gasteiger charge is -2.07. The van der Waals surface area contributed by atoms with E-state index in [-0.39, 0.29) is 18.8 Å². The third kappa shape index (κ3) is 3.96. The predicted molar refractivity (Wildman–Crippen MR) is 51.1 cm³/mol. The summed E-state index contributed by atoms with van der Waals surface area (Å²) in [6.45, 7) is -0.532. The Morgan fingerprint density at radius 3 is 2.72 bits per heavy atom. The van der Waals surface area contributed by atoms with Crippen LogP contribution in [0.3, 0.4) is 0 Å². The van der Waals surface area contributed by atoms with Crippen molar-refractivity contribution < 1.29 is 27.6 Å². The third-order valence-electron chi connectivity index (χ3n) is 1.89. The van der Waals surface area contributed by atoms with Gasteiger partial charge in [0.2, 0.25) is 5.91 Å². The van der Waals surface area contributed by atoms with Crippen LogP contribution in [0.15, 0.2) is 4.52 Å². The summed E-state index contributed by atoms with van der Waals surface area (Å²) < 4.78 is 40.3. The van der Waals surface area contributed by atoms with Gasteiger partial charge in [0, 0.05) is 13.0 Å². The summed E-state index contributed by atoms with van der Waals surface area (Å²) in [6, 6.07) is -1.07. The van der Waals surface area contributed by atoms with Gasteiger partial charge in [-0.15, -0.1) is 0 Å². The summed E-state index contributed by atoms with van der Waals surface area (Å²) in [6.07, 6.45) is -4.72. The van der Waals surface area contributed by atoms with Crippen LogP contribution in [0.1, 0.15) is 11.7 Å².